The molecule has 0 aromatic carbocycles. The van der Waals surface area contributed by atoms with E-state index in [0.717, 1.165) is 70.9 Å². The molecule has 1 aromatic rings. The van der Waals surface area contributed by atoms with Gasteiger partial charge in [0.1, 0.15) is 12.7 Å². The lowest BCUT2D eigenvalue weighted by Gasteiger charge is -2.15. The van der Waals surface area contributed by atoms with Gasteiger partial charge >= 0.3 is 0 Å². The highest BCUT2D eigenvalue weighted by Gasteiger charge is 2.18. The van der Waals surface area contributed by atoms with Crippen LogP contribution >= 0.6 is 0 Å². The molecule has 8 heteroatoms. The molecule has 2 N–H and O–H groups in total. The maximum absolute atomic E-state index is 11.5. The van der Waals surface area contributed by atoms with Gasteiger partial charge in [0.15, 0.2) is 5.96 Å². The molecule has 1 fully saturated rings. The second-order valence-corrected chi connectivity index (χ2v) is 5.93. The Kier molecular flexibility index (Phi) is 8.06. The van der Waals surface area contributed by atoms with Gasteiger partial charge in [0.25, 0.3) is 0 Å². The Morgan fingerprint density at radius 3 is 2.75 bits per heavy atom. The molecule has 0 saturated carbocycles. The van der Waals surface area contributed by atoms with Gasteiger partial charge in [-0.15, -0.1) is 10.2 Å². The van der Waals surface area contributed by atoms with E-state index in [9.17, 15) is 4.79 Å². The number of carbonyl (C=O) groups excluding carboxylic acids is 1. The fourth-order valence-corrected chi connectivity index (χ4v) is 2.70. The number of nitrogens with zero attached hydrogens (tertiary/aromatic N) is 5. The van der Waals surface area contributed by atoms with Gasteiger partial charge in [-0.2, -0.15) is 0 Å². The maximum Gasteiger partial charge on any atom is 0.222 e. The number of amides is 1. The smallest absolute Gasteiger partial charge is 0.222 e. The van der Waals surface area contributed by atoms with E-state index < -0.39 is 0 Å². The average Bonchev–Trinajstić information content (AvgIpc) is 3.23. The minimum absolute atomic E-state index is 0.289. The van der Waals surface area contributed by atoms with Crippen molar-refractivity contribution in [3.63, 3.8) is 0 Å². The average molecular weight is 335 g/mol. The van der Waals surface area contributed by atoms with Crippen molar-refractivity contribution in [2.45, 2.75) is 45.6 Å². The van der Waals surface area contributed by atoms with Crippen molar-refractivity contribution in [3.05, 3.63) is 12.7 Å². The molecule has 1 saturated heterocycles. The quantitative estimate of drug-likeness (QED) is 0.372. The number of hydrogen-bond donors (Lipinski definition) is 2. The molecule has 134 valence electrons. The molecule has 2 rings (SSSR count). The molecule has 0 unspecified atom stereocenters. The van der Waals surface area contributed by atoms with Gasteiger partial charge in [-0.05, 0) is 32.6 Å². The van der Waals surface area contributed by atoms with Gasteiger partial charge in [-0.25, -0.2) is 0 Å². The zero-order valence-corrected chi connectivity index (χ0v) is 14.6. The maximum atomic E-state index is 11.5. The number of aryl methyl sites for hydroxylation is 1. The minimum Gasteiger partial charge on any atom is -0.357 e. The van der Waals surface area contributed by atoms with Crippen LogP contribution in [-0.4, -0.2) is 64.3 Å². The van der Waals surface area contributed by atoms with Crippen molar-refractivity contribution < 1.29 is 4.79 Å². The number of aliphatic imine (C=N–C) groups is 1. The number of rotatable bonds is 10. The van der Waals surface area contributed by atoms with Crippen LogP contribution in [0.25, 0.3) is 0 Å². The molecule has 1 amide bonds. The fraction of sp³-hybridized carbons (Fsp3) is 0.750. The zero-order chi connectivity index (χ0) is 17.0. The predicted octanol–water partition coefficient (Wildman–Crippen LogP) is 0.626. The molecule has 1 aromatic heterocycles. The van der Waals surface area contributed by atoms with E-state index >= 15 is 0 Å². The lowest BCUT2D eigenvalue weighted by Crippen LogP contribution is -2.38. The van der Waals surface area contributed by atoms with E-state index in [4.69, 9.17) is 0 Å². The summed E-state index contributed by atoms with van der Waals surface area (Å²) in [5.41, 5.74) is 0. The first kappa shape index (κ1) is 18.2. The summed E-state index contributed by atoms with van der Waals surface area (Å²) in [6.45, 7) is 7.20. The highest BCUT2D eigenvalue weighted by molar-refractivity contribution is 5.79. The third-order valence-electron chi connectivity index (χ3n) is 3.97. The topological polar surface area (TPSA) is 87.4 Å². The van der Waals surface area contributed by atoms with Gasteiger partial charge in [-0.1, -0.05) is 0 Å². The summed E-state index contributed by atoms with van der Waals surface area (Å²) >= 11 is 0. The molecule has 1 aliphatic heterocycles. The summed E-state index contributed by atoms with van der Waals surface area (Å²) < 4.78 is 1.99. The van der Waals surface area contributed by atoms with Crippen LogP contribution in [0.2, 0.25) is 0 Å². The number of hydrogen-bond acceptors (Lipinski definition) is 4. The van der Waals surface area contributed by atoms with E-state index in [-0.39, 0.29) is 5.91 Å². The normalized spacial score (nSPS) is 15.1. The molecule has 2 heterocycles. The summed E-state index contributed by atoms with van der Waals surface area (Å²) in [4.78, 5) is 18.1. The number of nitrogens with one attached hydrogen (secondary N) is 2. The second kappa shape index (κ2) is 10.6. The number of aromatic nitrogens is 3. The highest BCUT2D eigenvalue weighted by Crippen LogP contribution is 2.09. The molecule has 0 aliphatic carbocycles. The van der Waals surface area contributed by atoms with E-state index in [1.54, 1.807) is 12.7 Å². The second-order valence-electron chi connectivity index (χ2n) is 5.93. The Morgan fingerprint density at radius 1 is 1.21 bits per heavy atom. The zero-order valence-electron chi connectivity index (χ0n) is 14.6. The first-order valence-electron chi connectivity index (χ1n) is 8.92. The number of carbonyl (C=O) groups is 1. The molecule has 0 atom stereocenters. The Balaban J connectivity index is 1.58. The Bertz CT molecular complexity index is 501. The van der Waals surface area contributed by atoms with Crippen molar-refractivity contribution in [1.29, 1.82) is 0 Å². The van der Waals surface area contributed by atoms with E-state index in [2.05, 4.69) is 32.7 Å². The molecule has 0 bridgehead atoms. The van der Waals surface area contributed by atoms with E-state index in [1.165, 1.54) is 0 Å². The lowest BCUT2D eigenvalue weighted by atomic mass is 10.3. The van der Waals surface area contributed by atoms with Crippen LogP contribution in [0.15, 0.2) is 17.6 Å². The van der Waals surface area contributed by atoms with Gasteiger partial charge in [0.05, 0.1) is 0 Å². The van der Waals surface area contributed by atoms with Crippen molar-refractivity contribution in [2.24, 2.45) is 4.99 Å². The Labute approximate surface area is 143 Å². The van der Waals surface area contributed by atoms with Crippen LogP contribution in [0.5, 0.6) is 0 Å². The fourth-order valence-electron chi connectivity index (χ4n) is 2.70. The SMILES string of the molecule is CCNC(=NCCCN1CCCC1=O)NCCCCn1cnnc1. The molecular weight excluding hydrogens is 306 g/mol. The Morgan fingerprint density at radius 2 is 2.04 bits per heavy atom. The van der Waals surface area contributed by atoms with Crippen molar-refractivity contribution in [2.75, 3.05) is 32.7 Å². The highest BCUT2D eigenvalue weighted by atomic mass is 16.2. The van der Waals surface area contributed by atoms with E-state index in [1.807, 2.05) is 9.47 Å². The molecule has 0 spiro atoms. The van der Waals surface area contributed by atoms with Crippen molar-refractivity contribution in [3.8, 4) is 0 Å². The van der Waals surface area contributed by atoms with Crippen LogP contribution in [0.4, 0.5) is 0 Å². The van der Waals surface area contributed by atoms with Crippen molar-refractivity contribution >= 4 is 11.9 Å². The third kappa shape index (κ3) is 6.55. The standard InChI is InChI=1S/C16H29N7O/c1-2-17-16(18-8-3-4-10-22-13-20-21-14-22)19-9-6-12-23-11-5-7-15(23)24/h13-14H,2-12H2,1H3,(H2,17,18,19). The number of likely N-dealkylation sites (tertiary alicyclic amines) is 1. The van der Waals surface area contributed by atoms with Gasteiger partial charge in [0.2, 0.25) is 5.91 Å². The largest absolute Gasteiger partial charge is 0.357 e. The summed E-state index contributed by atoms with van der Waals surface area (Å²) in [7, 11) is 0. The van der Waals surface area contributed by atoms with Crippen LogP contribution in [-0.2, 0) is 11.3 Å². The van der Waals surface area contributed by atoms with Crippen LogP contribution in [0.1, 0.15) is 39.0 Å². The van der Waals surface area contributed by atoms with Crippen molar-refractivity contribution in [1.82, 2.24) is 30.3 Å². The number of unbranched alkanes of at least 4 members (excludes halogenated alkanes) is 1. The lowest BCUT2D eigenvalue weighted by molar-refractivity contribution is -0.127. The van der Waals surface area contributed by atoms with Crippen LogP contribution in [0.3, 0.4) is 0 Å². The minimum atomic E-state index is 0.289. The first-order valence-corrected chi connectivity index (χ1v) is 8.92. The predicted molar refractivity (Wildman–Crippen MR) is 93.7 cm³/mol. The van der Waals surface area contributed by atoms with Gasteiger partial charge in [0, 0.05) is 45.7 Å². The van der Waals surface area contributed by atoms with Crippen LogP contribution < -0.4 is 10.6 Å². The first-order chi connectivity index (χ1) is 11.8. The molecular formula is C16H29N7O. The summed E-state index contributed by atoms with van der Waals surface area (Å²) in [5, 5.41) is 14.2. The Hall–Kier alpha value is -2.12. The summed E-state index contributed by atoms with van der Waals surface area (Å²) in [6.07, 6.45) is 8.24. The summed E-state index contributed by atoms with van der Waals surface area (Å²) in [5.74, 6) is 1.15. The monoisotopic (exact) mass is 335 g/mol. The number of guanidine groups is 1. The molecule has 1 aliphatic rings. The summed E-state index contributed by atoms with van der Waals surface area (Å²) in [6, 6.07) is 0. The van der Waals surface area contributed by atoms with Gasteiger partial charge < -0.3 is 20.1 Å². The third-order valence-corrected chi connectivity index (χ3v) is 3.97. The molecule has 0 radical (unpaired) electrons. The molecule has 8 nitrogen and oxygen atoms in total. The van der Waals surface area contributed by atoms with E-state index in [0.29, 0.717) is 6.42 Å². The van der Waals surface area contributed by atoms with Gasteiger partial charge in [-0.3, -0.25) is 9.79 Å². The van der Waals surface area contributed by atoms with Crippen LogP contribution in [0, 0.1) is 0 Å². The molecule has 24 heavy (non-hydrogen) atoms.